The first-order valence-electron chi connectivity index (χ1n) is 6.76. The Balaban J connectivity index is 2.02. The van der Waals surface area contributed by atoms with Crippen LogP contribution in [0.4, 0.5) is 5.82 Å². The molecule has 0 bridgehead atoms. The zero-order valence-electron chi connectivity index (χ0n) is 11.5. The van der Waals surface area contributed by atoms with Crippen LogP contribution in [0.25, 0.3) is 11.2 Å². The Bertz CT molecular complexity index is 664. The summed E-state index contributed by atoms with van der Waals surface area (Å²) in [6.07, 6.45) is -3.17. The maximum absolute atomic E-state index is 10.2. The Hall–Kier alpha value is -1.85. The van der Waals surface area contributed by atoms with Gasteiger partial charge in [-0.05, 0) is 0 Å². The lowest BCUT2D eigenvalue weighted by atomic mass is 10.0. The molecule has 6 N–H and O–H groups in total. The predicted molar refractivity (Wildman–Crippen MR) is 73.4 cm³/mol. The number of imidazole rings is 1. The third-order valence-corrected chi connectivity index (χ3v) is 3.74. The number of nitrogens with zero attached hydrogens (tertiary/aromatic N) is 4. The standard InChI is InChI=1S/C12H17N5O5/c13-10-8-11(15-3-14-10)17(4-16-8)12-6(20)1-5(19)9(21)7(2-18)22-12/h3-7,9,12,18-21H,1-2H2,(H2,13,14,15)/t5-,6-,7-,9+,12-/m1/s1. The molecule has 1 saturated heterocycles. The number of ether oxygens (including phenoxy) is 1. The Morgan fingerprint density at radius 1 is 1.23 bits per heavy atom. The Morgan fingerprint density at radius 3 is 2.73 bits per heavy atom. The summed E-state index contributed by atoms with van der Waals surface area (Å²) >= 11 is 0. The Labute approximate surface area is 124 Å². The van der Waals surface area contributed by atoms with Crippen LogP contribution in [0, 0.1) is 0 Å². The van der Waals surface area contributed by atoms with Crippen LogP contribution in [0.3, 0.4) is 0 Å². The van der Waals surface area contributed by atoms with E-state index in [2.05, 4.69) is 15.0 Å². The molecular weight excluding hydrogens is 294 g/mol. The van der Waals surface area contributed by atoms with Crippen LogP contribution in [0.15, 0.2) is 12.7 Å². The van der Waals surface area contributed by atoms with Gasteiger partial charge in [0, 0.05) is 6.42 Å². The number of rotatable bonds is 2. The molecule has 0 unspecified atom stereocenters. The lowest BCUT2D eigenvalue weighted by Crippen LogP contribution is -2.39. The van der Waals surface area contributed by atoms with Crippen molar-refractivity contribution in [2.24, 2.45) is 0 Å². The molecule has 0 saturated carbocycles. The van der Waals surface area contributed by atoms with Gasteiger partial charge in [-0.2, -0.15) is 0 Å². The molecule has 22 heavy (non-hydrogen) atoms. The van der Waals surface area contributed by atoms with Gasteiger partial charge in [-0.3, -0.25) is 4.57 Å². The van der Waals surface area contributed by atoms with Crippen LogP contribution in [0.5, 0.6) is 0 Å². The fraction of sp³-hybridized carbons (Fsp3) is 0.583. The number of nitrogens with two attached hydrogens (primary N) is 1. The highest BCUT2D eigenvalue weighted by Gasteiger charge is 2.39. The highest BCUT2D eigenvalue weighted by atomic mass is 16.5. The van der Waals surface area contributed by atoms with E-state index in [0.29, 0.717) is 11.2 Å². The zero-order chi connectivity index (χ0) is 15.9. The van der Waals surface area contributed by atoms with Crippen molar-refractivity contribution >= 4 is 17.0 Å². The highest BCUT2D eigenvalue weighted by Crippen LogP contribution is 2.29. The second-order valence-electron chi connectivity index (χ2n) is 5.19. The van der Waals surface area contributed by atoms with Crippen LogP contribution in [-0.2, 0) is 4.74 Å². The highest BCUT2D eigenvalue weighted by molar-refractivity contribution is 5.81. The Kier molecular flexibility index (Phi) is 3.93. The van der Waals surface area contributed by atoms with Crippen LogP contribution in [-0.4, -0.2) is 71.0 Å². The number of hydrogen-bond donors (Lipinski definition) is 5. The van der Waals surface area contributed by atoms with Crippen molar-refractivity contribution in [3.8, 4) is 0 Å². The normalized spacial score (nSPS) is 33.0. The SMILES string of the molecule is Nc1ncnc2c1ncn2[C@@H]1O[C@H](CO)[C@@H](O)[C@H](O)C[C@H]1O. The van der Waals surface area contributed by atoms with Crippen molar-refractivity contribution in [1.29, 1.82) is 0 Å². The molecule has 5 atom stereocenters. The average Bonchev–Trinajstić information content (AvgIpc) is 2.88. The van der Waals surface area contributed by atoms with Gasteiger partial charge in [-0.15, -0.1) is 0 Å². The quantitative estimate of drug-likeness (QED) is 0.413. The molecule has 120 valence electrons. The number of nitrogen functional groups attached to an aromatic ring is 1. The maximum Gasteiger partial charge on any atom is 0.167 e. The fourth-order valence-electron chi connectivity index (χ4n) is 2.56. The maximum atomic E-state index is 10.2. The van der Waals surface area contributed by atoms with Gasteiger partial charge in [0.1, 0.15) is 30.2 Å². The minimum Gasteiger partial charge on any atom is -0.394 e. The van der Waals surface area contributed by atoms with E-state index >= 15 is 0 Å². The number of fused-ring (bicyclic) bond motifs is 1. The van der Waals surface area contributed by atoms with Gasteiger partial charge < -0.3 is 30.9 Å². The summed E-state index contributed by atoms with van der Waals surface area (Å²) in [5.41, 5.74) is 6.41. The van der Waals surface area contributed by atoms with Crippen molar-refractivity contribution in [2.45, 2.75) is 37.1 Å². The lowest BCUT2D eigenvalue weighted by Gasteiger charge is -2.25. The van der Waals surface area contributed by atoms with E-state index in [-0.39, 0.29) is 12.2 Å². The summed E-state index contributed by atoms with van der Waals surface area (Å²) in [7, 11) is 0. The van der Waals surface area contributed by atoms with Crippen LogP contribution in [0.2, 0.25) is 0 Å². The first kappa shape index (κ1) is 15.1. The Morgan fingerprint density at radius 2 is 2.00 bits per heavy atom. The van der Waals surface area contributed by atoms with Crippen LogP contribution < -0.4 is 5.73 Å². The fourth-order valence-corrected chi connectivity index (χ4v) is 2.56. The number of aromatic nitrogens is 4. The van der Waals surface area contributed by atoms with Crippen molar-refractivity contribution in [3.63, 3.8) is 0 Å². The first-order valence-corrected chi connectivity index (χ1v) is 6.76. The van der Waals surface area contributed by atoms with Crippen molar-refractivity contribution in [3.05, 3.63) is 12.7 Å². The van der Waals surface area contributed by atoms with Gasteiger partial charge in [0.2, 0.25) is 0 Å². The molecule has 0 aliphatic carbocycles. The van der Waals surface area contributed by atoms with E-state index in [4.69, 9.17) is 10.5 Å². The van der Waals surface area contributed by atoms with Crippen molar-refractivity contribution in [1.82, 2.24) is 19.5 Å². The van der Waals surface area contributed by atoms with E-state index in [9.17, 15) is 20.4 Å². The van der Waals surface area contributed by atoms with Gasteiger partial charge >= 0.3 is 0 Å². The van der Waals surface area contributed by atoms with E-state index < -0.39 is 37.3 Å². The van der Waals surface area contributed by atoms with E-state index in [0.717, 1.165) is 0 Å². The van der Waals surface area contributed by atoms with E-state index in [1.165, 1.54) is 17.2 Å². The topological polar surface area (TPSA) is 160 Å². The van der Waals surface area contributed by atoms with Crippen molar-refractivity contribution in [2.75, 3.05) is 12.3 Å². The van der Waals surface area contributed by atoms with Gasteiger partial charge in [0.15, 0.2) is 17.7 Å². The summed E-state index contributed by atoms with van der Waals surface area (Å²) in [4.78, 5) is 12.0. The van der Waals surface area contributed by atoms with E-state index in [1.807, 2.05) is 0 Å². The third-order valence-electron chi connectivity index (χ3n) is 3.74. The minimum absolute atomic E-state index is 0.122. The number of hydrogen-bond acceptors (Lipinski definition) is 9. The second kappa shape index (κ2) is 5.74. The van der Waals surface area contributed by atoms with Gasteiger partial charge in [-0.25, -0.2) is 15.0 Å². The molecule has 0 spiro atoms. The summed E-state index contributed by atoms with van der Waals surface area (Å²) in [5.74, 6) is 0.186. The molecule has 1 aliphatic rings. The van der Waals surface area contributed by atoms with E-state index in [1.54, 1.807) is 0 Å². The second-order valence-corrected chi connectivity index (χ2v) is 5.19. The largest absolute Gasteiger partial charge is 0.394 e. The monoisotopic (exact) mass is 311 g/mol. The first-order chi connectivity index (χ1) is 10.5. The minimum atomic E-state index is -1.31. The summed E-state index contributed by atoms with van der Waals surface area (Å²) in [6, 6.07) is 0. The molecule has 1 aliphatic heterocycles. The molecule has 10 nitrogen and oxygen atoms in total. The molecule has 2 aromatic heterocycles. The molecular formula is C12H17N5O5. The lowest BCUT2D eigenvalue weighted by molar-refractivity contribution is -0.146. The molecule has 0 radical (unpaired) electrons. The zero-order valence-corrected chi connectivity index (χ0v) is 11.5. The predicted octanol–water partition coefficient (Wildman–Crippen LogP) is -2.23. The number of aliphatic hydroxyl groups is 4. The number of anilines is 1. The molecule has 10 heteroatoms. The summed E-state index contributed by atoms with van der Waals surface area (Å²) in [6.45, 7) is -0.509. The third kappa shape index (κ3) is 2.40. The molecule has 3 rings (SSSR count). The summed E-state index contributed by atoms with van der Waals surface area (Å²) < 4.78 is 7.00. The summed E-state index contributed by atoms with van der Waals surface area (Å²) in [5, 5.41) is 39.3. The molecule has 2 aromatic rings. The van der Waals surface area contributed by atoms with Crippen molar-refractivity contribution < 1.29 is 25.2 Å². The van der Waals surface area contributed by atoms with Gasteiger partial charge in [-0.1, -0.05) is 0 Å². The molecule has 1 fully saturated rings. The smallest absolute Gasteiger partial charge is 0.167 e. The molecule has 0 aromatic carbocycles. The number of aliphatic hydroxyl groups excluding tert-OH is 4. The molecule has 0 amide bonds. The van der Waals surface area contributed by atoms with Crippen LogP contribution >= 0.6 is 0 Å². The van der Waals surface area contributed by atoms with Gasteiger partial charge in [0.25, 0.3) is 0 Å². The average molecular weight is 311 g/mol. The van der Waals surface area contributed by atoms with Gasteiger partial charge in [0.05, 0.1) is 19.0 Å². The van der Waals surface area contributed by atoms with Crippen LogP contribution in [0.1, 0.15) is 12.6 Å². The molecule has 3 heterocycles.